The molecule has 1 fully saturated rings. The van der Waals surface area contributed by atoms with Crippen LogP contribution in [0.1, 0.15) is 82.0 Å². The quantitative estimate of drug-likeness (QED) is 0.628. The van der Waals surface area contributed by atoms with Gasteiger partial charge in [-0.3, -0.25) is 4.98 Å². The fourth-order valence-corrected chi connectivity index (χ4v) is 4.70. The molecule has 0 bridgehead atoms. The van der Waals surface area contributed by atoms with Gasteiger partial charge in [-0.2, -0.15) is 0 Å². The van der Waals surface area contributed by atoms with Gasteiger partial charge in [0.2, 0.25) is 0 Å². The number of allylic oxidation sites excluding steroid dienone is 1. The number of hydrogen-bond donors (Lipinski definition) is 0. The molecule has 0 unspecified atom stereocenters. The number of hydrogen-bond acceptors (Lipinski definition) is 1. The van der Waals surface area contributed by atoms with Crippen molar-refractivity contribution in [1.29, 1.82) is 0 Å². The Morgan fingerprint density at radius 3 is 2.65 bits per heavy atom. The molecule has 1 nitrogen and oxygen atoms in total. The van der Waals surface area contributed by atoms with Gasteiger partial charge in [0.1, 0.15) is 0 Å². The SMILES string of the molecule is CCC1=Cc2nccc3cc(C4CCCCC4)cc(c23)C1(C)C. The first-order chi connectivity index (χ1) is 11.1. The Hall–Kier alpha value is -1.63. The van der Waals surface area contributed by atoms with E-state index in [-0.39, 0.29) is 5.41 Å². The molecule has 0 radical (unpaired) electrons. The van der Waals surface area contributed by atoms with E-state index in [0.29, 0.717) is 0 Å². The predicted octanol–water partition coefficient (Wildman–Crippen LogP) is 6.37. The van der Waals surface area contributed by atoms with E-state index in [1.165, 1.54) is 59.7 Å². The molecule has 2 aliphatic carbocycles. The molecule has 4 rings (SSSR count). The number of benzene rings is 1. The predicted molar refractivity (Wildman–Crippen MR) is 98.9 cm³/mol. The van der Waals surface area contributed by atoms with Crippen LogP contribution in [-0.4, -0.2) is 4.98 Å². The average Bonchev–Trinajstić information content (AvgIpc) is 2.58. The van der Waals surface area contributed by atoms with Crippen LogP contribution in [0.2, 0.25) is 0 Å². The van der Waals surface area contributed by atoms with Crippen LogP contribution in [-0.2, 0) is 5.41 Å². The smallest absolute Gasteiger partial charge is 0.0710 e. The molecule has 1 saturated carbocycles. The fraction of sp³-hybridized carbons (Fsp3) is 0.500. The Bertz CT molecular complexity index is 776. The monoisotopic (exact) mass is 305 g/mol. The Kier molecular flexibility index (Phi) is 3.55. The maximum atomic E-state index is 4.67. The Morgan fingerprint density at radius 2 is 1.91 bits per heavy atom. The summed E-state index contributed by atoms with van der Waals surface area (Å²) < 4.78 is 0. The van der Waals surface area contributed by atoms with Crippen LogP contribution in [0.15, 0.2) is 30.0 Å². The largest absolute Gasteiger partial charge is 0.256 e. The van der Waals surface area contributed by atoms with Gasteiger partial charge in [-0.15, -0.1) is 0 Å². The van der Waals surface area contributed by atoms with Crippen LogP contribution < -0.4 is 0 Å². The molecular formula is C22H27N. The zero-order chi connectivity index (χ0) is 16.0. The minimum absolute atomic E-state index is 0.119. The summed E-state index contributed by atoms with van der Waals surface area (Å²) >= 11 is 0. The Balaban J connectivity index is 1.95. The minimum atomic E-state index is 0.119. The van der Waals surface area contributed by atoms with Crippen molar-refractivity contribution in [3.05, 3.63) is 46.8 Å². The second-order valence-electron chi connectivity index (χ2n) is 7.85. The molecular weight excluding hydrogens is 278 g/mol. The lowest BCUT2D eigenvalue weighted by Crippen LogP contribution is -2.24. The number of rotatable bonds is 2. The van der Waals surface area contributed by atoms with Crippen molar-refractivity contribution >= 4 is 16.8 Å². The Labute approximate surface area is 139 Å². The summed E-state index contributed by atoms with van der Waals surface area (Å²) in [7, 11) is 0. The normalized spacial score (nSPS) is 20.6. The number of aromatic nitrogens is 1. The van der Waals surface area contributed by atoms with E-state index in [2.05, 4.69) is 50.0 Å². The van der Waals surface area contributed by atoms with Crippen LogP contribution in [0.5, 0.6) is 0 Å². The van der Waals surface area contributed by atoms with Gasteiger partial charge in [0.25, 0.3) is 0 Å². The molecule has 120 valence electrons. The molecule has 0 saturated heterocycles. The fourth-order valence-electron chi connectivity index (χ4n) is 4.70. The van der Waals surface area contributed by atoms with E-state index in [1.807, 2.05) is 6.20 Å². The lowest BCUT2D eigenvalue weighted by Gasteiger charge is -2.35. The first kappa shape index (κ1) is 14.9. The maximum Gasteiger partial charge on any atom is 0.0710 e. The zero-order valence-corrected chi connectivity index (χ0v) is 14.7. The molecule has 0 aliphatic heterocycles. The van der Waals surface area contributed by atoms with Gasteiger partial charge in [0, 0.05) is 17.0 Å². The third-order valence-corrected chi connectivity index (χ3v) is 6.16. The summed E-state index contributed by atoms with van der Waals surface area (Å²) in [6.07, 6.45) is 12.3. The van der Waals surface area contributed by atoms with Crippen LogP contribution >= 0.6 is 0 Å². The molecule has 0 spiro atoms. The highest BCUT2D eigenvalue weighted by Gasteiger charge is 2.32. The van der Waals surface area contributed by atoms with Gasteiger partial charge in [-0.05, 0) is 53.8 Å². The van der Waals surface area contributed by atoms with E-state index >= 15 is 0 Å². The van der Waals surface area contributed by atoms with Gasteiger partial charge >= 0.3 is 0 Å². The third kappa shape index (κ3) is 2.33. The molecule has 2 aliphatic rings. The molecule has 1 heteroatoms. The molecule has 1 aromatic carbocycles. The molecule has 1 heterocycles. The summed E-state index contributed by atoms with van der Waals surface area (Å²) in [5.74, 6) is 0.757. The topological polar surface area (TPSA) is 12.9 Å². The summed E-state index contributed by atoms with van der Waals surface area (Å²) in [6.45, 7) is 7.04. The van der Waals surface area contributed by atoms with Gasteiger partial charge in [0.05, 0.1) is 5.69 Å². The van der Waals surface area contributed by atoms with Crippen molar-refractivity contribution in [3.8, 4) is 0 Å². The molecule has 0 amide bonds. The highest BCUT2D eigenvalue weighted by molar-refractivity contribution is 5.96. The van der Waals surface area contributed by atoms with E-state index < -0.39 is 0 Å². The van der Waals surface area contributed by atoms with Crippen LogP contribution in [0.25, 0.3) is 16.8 Å². The molecule has 23 heavy (non-hydrogen) atoms. The Morgan fingerprint density at radius 1 is 1.13 bits per heavy atom. The summed E-state index contributed by atoms with van der Waals surface area (Å²) in [5, 5.41) is 2.77. The molecule has 2 aromatic rings. The van der Waals surface area contributed by atoms with Crippen molar-refractivity contribution in [2.45, 2.75) is 70.6 Å². The highest BCUT2D eigenvalue weighted by atomic mass is 14.7. The average molecular weight is 305 g/mol. The lowest BCUT2D eigenvalue weighted by atomic mass is 9.70. The second kappa shape index (κ2) is 5.47. The first-order valence-corrected chi connectivity index (χ1v) is 9.25. The van der Waals surface area contributed by atoms with Crippen LogP contribution in [0.4, 0.5) is 0 Å². The van der Waals surface area contributed by atoms with Gasteiger partial charge in [0.15, 0.2) is 0 Å². The standard InChI is InChI=1S/C22H27N/c1-4-18-14-20-21-16(10-11-23-20)12-17(13-19(21)22(18,2)3)15-8-6-5-7-9-15/h10-15H,4-9H2,1-3H3. The van der Waals surface area contributed by atoms with Crippen LogP contribution in [0, 0.1) is 0 Å². The highest BCUT2D eigenvalue weighted by Crippen LogP contribution is 2.45. The second-order valence-corrected chi connectivity index (χ2v) is 7.85. The summed E-state index contributed by atoms with van der Waals surface area (Å²) in [4.78, 5) is 4.67. The van der Waals surface area contributed by atoms with Gasteiger partial charge in [-0.1, -0.05) is 57.7 Å². The summed E-state index contributed by atoms with van der Waals surface area (Å²) in [5.41, 5.74) is 5.86. The third-order valence-electron chi connectivity index (χ3n) is 6.16. The summed E-state index contributed by atoms with van der Waals surface area (Å²) in [6, 6.07) is 7.17. The van der Waals surface area contributed by atoms with E-state index in [1.54, 1.807) is 5.56 Å². The minimum Gasteiger partial charge on any atom is -0.256 e. The van der Waals surface area contributed by atoms with Crippen molar-refractivity contribution in [1.82, 2.24) is 4.98 Å². The van der Waals surface area contributed by atoms with E-state index in [9.17, 15) is 0 Å². The lowest BCUT2D eigenvalue weighted by molar-refractivity contribution is 0.443. The molecule has 1 aromatic heterocycles. The van der Waals surface area contributed by atoms with E-state index in [4.69, 9.17) is 0 Å². The zero-order valence-electron chi connectivity index (χ0n) is 14.7. The van der Waals surface area contributed by atoms with Gasteiger partial charge < -0.3 is 0 Å². The van der Waals surface area contributed by atoms with Crippen molar-refractivity contribution in [3.63, 3.8) is 0 Å². The van der Waals surface area contributed by atoms with Crippen molar-refractivity contribution < 1.29 is 0 Å². The molecule has 0 N–H and O–H groups in total. The van der Waals surface area contributed by atoms with Crippen molar-refractivity contribution in [2.24, 2.45) is 0 Å². The number of pyridine rings is 1. The first-order valence-electron chi connectivity index (χ1n) is 9.25. The van der Waals surface area contributed by atoms with Crippen LogP contribution in [0.3, 0.4) is 0 Å². The van der Waals surface area contributed by atoms with E-state index in [0.717, 1.165) is 12.3 Å². The number of nitrogens with zero attached hydrogens (tertiary/aromatic N) is 1. The van der Waals surface area contributed by atoms with Gasteiger partial charge in [-0.25, -0.2) is 0 Å². The maximum absolute atomic E-state index is 4.67. The van der Waals surface area contributed by atoms with Crippen molar-refractivity contribution in [2.75, 3.05) is 0 Å². The molecule has 0 atom stereocenters.